The summed E-state index contributed by atoms with van der Waals surface area (Å²) in [5.41, 5.74) is 12.5. The minimum atomic E-state index is -0.359. The molecule has 1 aliphatic rings. The maximum Gasteiger partial charge on any atom is 0.246 e. The zero-order chi connectivity index (χ0) is 33.6. The molecular formula is C38H38FN7O2. The van der Waals surface area contributed by atoms with Gasteiger partial charge in [-0.05, 0) is 85.5 Å². The molecule has 6 rings (SSSR count). The number of rotatable bonds is 10. The Balaban J connectivity index is 1.09. The average Bonchev–Trinajstić information content (AvgIpc) is 3.49. The molecule has 0 aliphatic carbocycles. The number of carbonyl (C=O) groups excluding carboxylic acids is 2. The molecule has 0 radical (unpaired) electrons. The number of hydrogen-bond donors (Lipinski definition) is 2. The molecule has 4 heterocycles. The molecule has 0 bridgehead atoms. The molecule has 1 fully saturated rings. The maximum atomic E-state index is 13.5. The third-order valence-corrected chi connectivity index (χ3v) is 8.94. The highest BCUT2D eigenvalue weighted by molar-refractivity contribution is 6.20. The Morgan fingerprint density at radius 1 is 1.06 bits per heavy atom. The first kappa shape index (κ1) is 32.5. The molecule has 0 saturated carbocycles. The minimum absolute atomic E-state index is 0.0206. The number of aldehydes is 1. The van der Waals surface area contributed by atoms with Crippen molar-refractivity contribution in [1.82, 2.24) is 24.8 Å². The Hall–Kier alpha value is -5.48. The summed E-state index contributed by atoms with van der Waals surface area (Å²) in [5.74, 6) is 0.0132. The number of nitrogens with zero attached hydrogens (tertiary/aromatic N) is 5. The van der Waals surface area contributed by atoms with Crippen molar-refractivity contribution in [1.29, 1.82) is 0 Å². The summed E-state index contributed by atoms with van der Waals surface area (Å²) in [6, 6.07) is 17.7. The van der Waals surface area contributed by atoms with Gasteiger partial charge in [-0.25, -0.2) is 4.39 Å². The number of allylic oxidation sites excluding steroid dienone is 1. The molecular weight excluding hydrogens is 605 g/mol. The van der Waals surface area contributed by atoms with Crippen molar-refractivity contribution in [2.24, 2.45) is 16.6 Å². The predicted octanol–water partition coefficient (Wildman–Crippen LogP) is 5.97. The summed E-state index contributed by atoms with van der Waals surface area (Å²) in [6.07, 6.45) is 11.0. The quantitative estimate of drug-likeness (QED) is 0.110. The van der Waals surface area contributed by atoms with E-state index in [2.05, 4.69) is 30.9 Å². The van der Waals surface area contributed by atoms with Crippen LogP contribution in [0.25, 0.3) is 39.2 Å². The maximum absolute atomic E-state index is 13.5. The number of aromatic nitrogens is 3. The summed E-state index contributed by atoms with van der Waals surface area (Å²) in [7, 11) is 3.64. The summed E-state index contributed by atoms with van der Waals surface area (Å²) in [4.78, 5) is 46.2. The Labute approximate surface area is 278 Å². The van der Waals surface area contributed by atoms with Gasteiger partial charge in [-0.2, -0.15) is 0 Å². The summed E-state index contributed by atoms with van der Waals surface area (Å²) in [6.45, 7) is 2.60. The number of fused-ring (bicyclic) bond motifs is 3. The average molecular weight is 644 g/mol. The van der Waals surface area contributed by atoms with Crippen molar-refractivity contribution in [3.8, 4) is 0 Å². The van der Waals surface area contributed by atoms with Crippen LogP contribution in [0.3, 0.4) is 0 Å². The van der Waals surface area contributed by atoms with Crippen molar-refractivity contribution in [2.45, 2.75) is 19.4 Å². The monoisotopic (exact) mass is 643 g/mol. The Morgan fingerprint density at radius 2 is 1.81 bits per heavy atom. The first-order valence-corrected chi connectivity index (χ1v) is 16.0. The van der Waals surface area contributed by atoms with E-state index in [1.807, 2.05) is 36.2 Å². The number of likely N-dealkylation sites (tertiary alicyclic amines) is 1. The largest absolute Gasteiger partial charge is 0.398 e. The second kappa shape index (κ2) is 14.5. The lowest BCUT2D eigenvalue weighted by Gasteiger charge is -2.33. The van der Waals surface area contributed by atoms with Crippen LogP contribution in [-0.2, 0) is 11.3 Å². The molecule has 5 aromatic rings. The van der Waals surface area contributed by atoms with Gasteiger partial charge in [0.2, 0.25) is 5.91 Å². The van der Waals surface area contributed by atoms with Gasteiger partial charge >= 0.3 is 0 Å². The Kier molecular flexibility index (Phi) is 9.82. The van der Waals surface area contributed by atoms with Crippen LogP contribution in [0.5, 0.6) is 0 Å². The summed E-state index contributed by atoms with van der Waals surface area (Å²) < 4.78 is 13.5. The number of carbonyl (C=O) groups is 2. The number of nitrogens with one attached hydrogen (secondary N) is 1. The third kappa shape index (κ3) is 6.94. The Morgan fingerprint density at radius 3 is 2.56 bits per heavy atom. The first-order chi connectivity index (χ1) is 23.4. The van der Waals surface area contributed by atoms with E-state index < -0.39 is 0 Å². The van der Waals surface area contributed by atoms with E-state index in [9.17, 15) is 14.0 Å². The van der Waals surface area contributed by atoms with Crippen molar-refractivity contribution in [2.75, 3.05) is 33.7 Å². The van der Waals surface area contributed by atoms with Crippen LogP contribution < -0.4 is 5.73 Å². The van der Waals surface area contributed by atoms with Crippen LogP contribution in [0.15, 0.2) is 84.1 Å². The number of piperidine rings is 1. The molecule has 3 aromatic heterocycles. The van der Waals surface area contributed by atoms with E-state index in [1.54, 1.807) is 56.0 Å². The Bertz CT molecular complexity index is 2040. The van der Waals surface area contributed by atoms with Gasteiger partial charge in [-0.3, -0.25) is 24.5 Å². The SMILES string of the molecule is CN=C/C(=C(\N)c1ccc(F)cc1)c1ccnc(CN(C)CC2CCN(C(=O)/C=C/c3nccc4c3[nH]c3ccccc34)CC2)c1C=O. The van der Waals surface area contributed by atoms with E-state index >= 15 is 0 Å². The molecule has 1 saturated heterocycles. The van der Waals surface area contributed by atoms with E-state index in [-0.39, 0.29) is 11.7 Å². The minimum Gasteiger partial charge on any atom is -0.398 e. The number of nitrogens with two attached hydrogens (primary N) is 1. The van der Waals surface area contributed by atoms with Crippen molar-refractivity contribution < 1.29 is 14.0 Å². The predicted molar refractivity (Wildman–Crippen MR) is 190 cm³/mol. The fourth-order valence-electron chi connectivity index (χ4n) is 6.48. The van der Waals surface area contributed by atoms with Crippen LogP contribution >= 0.6 is 0 Å². The molecule has 48 heavy (non-hydrogen) atoms. The first-order valence-electron chi connectivity index (χ1n) is 16.0. The number of H-pyrrole nitrogens is 1. The van der Waals surface area contributed by atoms with E-state index in [4.69, 9.17) is 5.73 Å². The fraction of sp³-hybridized carbons (Fsp3) is 0.237. The highest BCUT2D eigenvalue weighted by atomic mass is 19.1. The van der Waals surface area contributed by atoms with Crippen molar-refractivity contribution in [3.05, 3.63) is 113 Å². The van der Waals surface area contributed by atoms with E-state index in [0.29, 0.717) is 59.2 Å². The molecule has 10 heteroatoms. The molecule has 1 amide bonds. The highest BCUT2D eigenvalue weighted by Gasteiger charge is 2.24. The zero-order valence-electron chi connectivity index (χ0n) is 27.1. The van der Waals surface area contributed by atoms with Crippen LogP contribution in [0, 0.1) is 11.7 Å². The number of para-hydroxylation sites is 1. The van der Waals surface area contributed by atoms with Crippen molar-refractivity contribution in [3.63, 3.8) is 0 Å². The summed E-state index contributed by atoms with van der Waals surface area (Å²) >= 11 is 0. The molecule has 0 unspecified atom stereocenters. The molecule has 244 valence electrons. The molecule has 1 aliphatic heterocycles. The topological polar surface area (TPSA) is 121 Å². The van der Waals surface area contributed by atoms with Gasteiger partial charge in [0.05, 0.1) is 16.9 Å². The van der Waals surface area contributed by atoms with Crippen LogP contribution in [0.1, 0.15) is 45.7 Å². The number of halogens is 1. The fourth-order valence-corrected chi connectivity index (χ4v) is 6.48. The van der Waals surface area contributed by atoms with Gasteiger partial charge in [-0.15, -0.1) is 0 Å². The second-order valence-corrected chi connectivity index (χ2v) is 12.1. The molecule has 9 nitrogen and oxygen atoms in total. The molecule has 3 N–H and O–H groups in total. The number of pyridine rings is 2. The van der Waals surface area contributed by atoms with E-state index in [1.165, 1.54) is 12.1 Å². The van der Waals surface area contributed by atoms with Crippen molar-refractivity contribution >= 4 is 57.6 Å². The van der Waals surface area contributed by atoms with Gasteiger partial charge in [0, 0.05) is 91.0 Å². The second-order valence-electron chi connectivity index (χ2n) is 12.1. The number of benzene rings is 2. The van der Waals surface area contributed by atoms with Crippen LogP contribution in [0.4, 0.5) is 4.39 Å². The smallest absolute Gasteiger partial charge is 0.246 e. The zero-order valence-corrected chi connectivity index (χ0v) is 27.1. The molecule has 2 aromatic carbocycles. The number of amides is 1. The van der Waals surface area contributed by atoms with Crippen LogP contribution in [0.2, 0.25) is 0 Å². The molecule has 0 atom stereocenters. The highest BCUT2D eigenvalue weighted by Crippen LogP contribution is 2.28. The van der Waals surface area contributed by atoms with Gasteiger partial charge in [0.15, 0.2) is 6.29 Å². The lowest BCUT2D eigenvalue weighted by Crippen LogP contribution is -2.40. The standard InChI is InChI=1S/C38H38FN7O2/c1-41-21-31(37(40)26-7-9-27(39)10-8-26)28-13-17-43-35(32(28)24-47)23-45(2)22-25-15-19-46(20-16-25)36(48)12-11-34-38-30(14-18-42-34)29-5-3-4-6-33(29)44-38/h3-14,17-18,21,24-25,44H,15-16,19-20,22-23,40H2,1-2H3/b12-11+,37-31+,41-21?. The lowest BCUT2D eigenvalue weighted by molar-refractivity contribution is -0.127. The molecule has 0 spiro atoms. The van der Waals surface area contributed by atoms with E-state index in [0.717, 1.165) is 53.2 Å². The van der Waals surface area contributed by atoms with Gasteiger partial charge in [0.1, 0.15) is 5.82 Å². The van der Waals surface area contributed by atoms with Gasteiger partial charge in [-0.1, -0.05) is 18.2 Å². The van der Waals surface area contributed by atoms with Gasteiger partial charge in [0.25, 0.3) is 0 Å². The normalized spacial score (nSPS) is 14.9. The number of aliphatic imine (C=N–C) groups is 1. The number of hydrogen-bond acceptors (Lipinski definition) is 7. The lowest BCUT2D eigenvalue weighted by atomic mass is 9.95. The summed E-state index contributed by atoms with van der Waals surface area (Å²) in [5, 5.41) is 2.22. The third-order valence-electron chi connectivity index (χ3n) is 8.94. The van der Waals surface area contributed by atoms with Gasteiger partial charge < -0.3 is 20.5 Å². The number of aromatic amines is 1. The van der Waals surface area contributed by atoms with Crippen LogP contribution in [-0.4, -0.2) is 76.9 Å².